The number of aromatic nitrogens is 5. The van der Waals surface area contributed by atoms with Gasteiger partial charge in [0.1, 0.15) is 6.61 Å². The lowest BCUT2D eigenvalue weighted by Gasteiger charge is -2.40. The molecule has 1 saturated carbocycles. The molecule has 2 N–H and O–H groups in total. The average Bonchev–Trinajstić information content (AvgIpc) is 3.33. The lowest BCUT2D eigenvalue weighted by atomic mass is 9.78. The minimum absolute atomic E-state index is 0.0971. The zero-order valence-electron chi connectivity index (χ0n) is 23.1. The van der Waals surface area contributed by atoms with Crippen LogP contribution in [0.5, 0.6) is 5.88 Å². The molecular weight excluding hydrogens is 574 g/mol. The molecule has 7 rings (SSSR count). The van der Waals surface area contributed by atoms with Crippen LogP contribution in [0.1, 0.15) is 41.7 Å². The van der Waals surface area contributed by atoms with E-state index in [4.69, 9.17) is 20.2 Å². The van der Waals surface area contributed by atoms with Crippen molar-refractivity contribution in [2.75, 3.05) is 39.1 Å². The lowest BCUT2D eigenvalue weighted by molar-refractivity contribution is 0.0600. The molecule has 1 aromatic carbocycles. The molecule has 2 saturated heterocycles. The summed E-state index contributed by atoms with van der Waals surface area (Å²) in [7, 11) is 3.22. The number of nitrogens with zero attached hydrogens (tertiary/aromatic N) is 6. The minimum Gasteiger partial charge on any atom is -0.476 e. The zero-order valence-corrected chi connectivity index (χ0v) is 24.6. The molecule has 210 valence electrons. The summed E-state index contributed by atoms with van der Waals surface area (Å²) in [4.78, 5) is 24.0. The van der Waals surface area contributed by atoms with Gasteiger partial charge in [-0.3, -0.25) is 9.88 Å². The van der Waals surface area contributed by atoms with E-state index in [1.165, 1.54) is 20.0 Å². The number of esters is 1. The largest absolute Gasteiger partial charge is 0.476 e. The number of hydrogen-bond donors (Lipinski definition) is 1. The second-order valence-corrected chi connectivity index (χ2v) is 12.0. The van der Waals surface area contributed by atoms with Crippen LogP contribution in [-0.2, 0) is 17.3 Å². The maximum Gasteiger partial charge on any atom is 0.337 e. The summed E-state index contributed by atoms with van der Waals surface area (Å²) in [5, 5.41) is 4.42. The molecule has 0 spiro atoms. The Morgan fingerprint density at radius 2 is 2.00 bits per heavy atom. The summed E-state index contributed by atoms with van der Waals surface area (Å²) >= 11 is 3.63. The van der Waals surface area contributed by atoms with Gasteiger partial charge in [-0.25, -0.2) is 14.5 Å². The van der Waals surface area contributed by atoms with Crippen molar-refractivity contribution in [2.45, 2.75) is 38.1 Å². The van der Waals surface area contributed by atoms with Crippen molar-refractivity contribution in [3.05, 3.63) is 52.3 Å². The van der Waals surface area contributed by atoms with Gasteiger partial charge < -0.3 is 19.8 Å². The minimum atomic E-state index is -0.401. The first-order valence-corrected chi connectivity index (χ1v) is 14.4. The molecule has 0 unspecified atom stereocenters. The normalized spacial score (nSPS) is 21.1. The highest BCUT2D eigenvalue weighted by atomic mass is 79.9. The monoisotopic (exact) mass is 607 g/mol. The van der Waals surface area contributed by atoms with Gasteiger partial charge in [-0.05, 0) is 68.9 Å². The molecule has 0 radical (unpaired) electrons. The summed E-state index contributed by atoms with van der Waals surface area (Å²) in [6, 6.07) is 9.60. The summed E-state index contributed by atoms with van der Waals surface area (Å²) in [5.41, 5.74) is 11.0. The number of carbonyl (C=O) groups excluding carboxylic acids is 1. The first-order valence-electron chi connectivity index (χ1n) is 13.6. The first-order chi connectivity index (χ1) is 19.3. The average molecular weight is 609 g/mol. The van der Waals surface area contributed by atoms with Gasteiger partial charge in [-0.1, -0.05) is 15.9 Å². The van der Waals surface area contributed by atoms with Crippen LogP contribution in [0.25, 0.3) is 22.3 Å². The molecule has 40 heavy (non-hydrogen) atoms. The molecule has 3 aromatic heterocycles. The number of carbonyl (C=O) groups is 1. The number of nitrogens with two attached hydrogens (primary N) is 1. The second-order valence-electron chi connectivity index (χ2n) is 11.1. The van der Waals surface area contributed by atoms with E-state index in [0.717, 1.165) is 59.2 Å². The Morgan fingerprint density at radius 3 is 2.77 bits per heavy atom. The molecule has 2 aliphatic heterocycles. The Morgan fingerprint density at radius 1 is 1.20 bits per heavy atom. The third-order valence-electron chi connectivity index (χ3n) is 8.37. The third-order valence-corrected chi connectivity index (χ3v) is 8.86. The van der Waals surface area contributed by atoms with E-state index in [0.29, 0.717) is 35.6 Å². The Kier molecular flexibility index (Phi) is 7.03. The molecule has 4 aromatic rings. The highest BCUT2D eigenvalue weighted by molar-refractivity contribution is 9.10. The van der Waals surface area contributed by atoms with Crippen LogP contribution in [0.15, 0.2) is 41.0 Å². The van der Waals surface area contributed by atoms with E-state index in [2.05, 4.69) is 41.5 Å². The fourth-order valence-electron chi connectivity index (χ4n) is 6.52. The Hall–Kier alpha value is -3.44. The molecule has 0 amide bonds. The second kappa shape index (κ2) is 10.5. The van der Waals surface area contributed by atoms with Gasteiger partial charge in [-0.15, -0.1) is 0 Å². The van der Waals surface area contributed by atoms with Crippen molar-refractivity contribution in [3.63, 3.8) is 0 Å². The van der Waals surface area contributed by atoms with Crippen molar-refractivity contribution >= 4 is 38.9 Å². The number of nitrogen functional groups attached to an aromatic ring is 1. The number of halogens is 1. The molecule has 1 aliphatic carbocycles. The molecular formula is C29H34BrN7O3. The number of benzene rings is 1. The number of ether oxygens (including phenoxy) is 2. The summed E-state index contributed by atoms with van der Waals surface area (Å²) in [5.74, 6) is 1.47. The van der Waals surface area contributed by atoms with E-state index >= 15 is 0 Å². The number of anilines is 1. The fourth-order valence-corrected chi connectivity index (χ4v) is 6.87. The van der Waals surface area contributed by atoms with E-state index in [9.17, 15) is 4.79 Å². The van der Waals surface area contributed by atoms with Gasteiger partial charge in [0.05, 0.1) is 46.7 Å². The Labute approximate surface area is 241 Å². The molecule has 3 fully saturated rings. The lowest BCUT2D eigenvalue weighted by Crippen LogP contribution is -2.44. The van der Waals surface area contributed by atoms with E-state index in [1.54, 1.807) is 23.0 Å². The van der Waals surface area contributed by atoms with Gasteiger partial charge in [0, 0.05) is 36.8 Å². The van der Waals surface area contributed by atoms with Crippen LogP contribution >= 0.6 is 15.9 Å². The van der Waals surface area contributed by atoms with Crippen molar-refractivity contribution in [1.82, 2.24) is 29.2 Å². The molecule has 2 bridgehead atoms. The highest BCUT2D eigenvalue weighted by Crippen LogP contribution is 2.45. The molecule has 11 heteroatoms. The first kappa shape index (κ1) is 26.8. The zero-order chi connectivity index (χ0) is 28.0. The molecule has 3 aliphatic rings. The standard InChI is InChI=1S/C29H34BrN7O3/c1-18-12-20(27(38)39-3)13-24(33-18)22-15-32-35(2)26(22)40-11-10-36-16-19-6-8-29(17-36,9-7-19)37-25-14-21(30)4-5-23(25)34-28(37)31/h4-5,12-15,19H,6-11,16-17H2,1-3H3,(H2,31,34). The van der Waals surface area contributed by atoms with Gasteiger partial charge in [0.2, 0.25) is 11.8 Å². The molecule has 10 nitrogen and oxygen atoms in total. The summed E-state index contributed by atoms with van der Waals surface area (Å²) < 4.78 is 16.3. The number of fused-ring (bicyclic) bond motifs is 5. The maximum atomic E-state index is 12.2. The number of aryl methyl sites for hydroxylation is 2. The van der Waals surface area contributed by atoms with Crippen molar-refractivity contribution in [2.24, 2.45) is 13.0 Å². The van der Waals surface area contributed by atoms with Crippen LogP contribution in [0.2, 0.25) is 0 Å². The third kappa shape index (κ3) is 4.85. The van der Waals surface area contributed by atoms with E-state index in [-0.39, 0.29) is 5.54 Å². The Balaban J connectivity index is 1.22. The number of pyridine rings is 1. The number of imidazole rings is 1. The SMILES string of the molecule is COC(=O)c1cc(C)nc(-c2cnn(C)c2OCCN2CC3CCC(n4c(N)nc5ccc(Br)cc54)(CC3)C2)c1. The summed E-state index contributed by atoms with van der Waals surface area (Å²) in [6.45, 7) is 5.06. The van der Waals surface area contributed by atoms with Crippen molar-refractivity contribution in [1.29, 1.82) is 0 Å². The topological polar surface area (TPSA) is 113 Å². The van der Waals surface area contributed by atoms with Crippen LogP contribution in [-0.4, -0.2) is 68.5 Å². The smallest absolute Gasteiger partial charge is 0.337 e. The van der Waals surface area contributed by atoms with Gasteiger partial charge in [-0.2, -0.15) is 5.10 Å². The van der Waals surface area contributed by atoms with Gasteiger partial charge in [0.15, 0.2) is 0 Å². The molecule has 5 heterocycles. The Bertz CT molecular complexity index is 1570. The molecule has 0 atom stereocenters. The van der Waals surface area contributed by atoms with Crippen LogP contribution in [0, 0.1) is 12.8 Å². The van der Waals surface area contributed by atoms with Crippen LogP contribution in [0.4, 0.5) is 5.95 Å². The number of methoxy groups -OCH3 is 1. The van der Waals surface area contributed by atoms with Gasteiger partial charge >= 0.3 is 5.97 Å². The number of rotatable bonds is 7. The number of hydrogen-bond acceptors (Lipinski definition) is 8. The van der Waals surface area contributed by atoms with E-state index < -0.39 is 5.97 Å². The van der Waals surface area contributed by atoms with E-state index in [1.807, 2.05) is 26.1 Å². The predicted molar refractivity (Wildman–Crippen MR) is 156 cm³/mol. The quantitative estimate of drug-likeness (QED) is 0.304. The fraction of sp³-hybridized carbons (Fsp3) is 0.448. The van der Waals surface area contributed by atoms with Gasteiger partial charge in [0.25, 0.3) is 0 Å². The van der Waals surface area contributed by atoms with Crippen molar-refractivity contribution < 1.29 is 14.3 Å². The van der Waals surface area contributed by atoms with Crippen molar-refractivity contribution in [3.8, 4) is 17.1 Å². The highest BCUT2D eigenvalue weighted by Gasteiger charge is 2.44. The predicted octanol–water partition coefficient (Wildman–Crippen LogP) is 4.55. The maximum absolute atomic E-state index is 12.2. The van der Waals surface area contributed by atoms with Crippen LogP contribution in [0.3, 0.4) is 0 Å². The van der Waals surface area contributed by atoms with Crippen LogP contribution < -0.4 is 10.5 Å². The summed E-state index contributed by atoms with van der Waals surface area (Å²) in [6.07, 6.45) is 6.26.